The van der Waals surface area contributed by atoms with Crippen LogP contribution in [-0.2, 0) is 0 Å². The molecule has 0 saturated carbocycles. The van der Waals surface area contributed by atoms with Gasteiger partial charge in [0.05, 0.1) is 0 Å². The Labute approximate surface area is 254 Å². The van der Waals surface area contributed by atoms with E-state index in [9.17, 15) is 4.79 Å². The SMILES string of the molecule is C[Si]1(C)c2ccc(N(c3ccccc3)c3ccccc3)cc2C(=O)c2ccc(N(c3ccccc3)c3ccccc3)cc21. The summed E-state index contributed by atoms with van der Waals surface area (Å²) in [6, 6.07) is 54.4. The Kier molecular flexibility index (Phi) is 6.76. The summed E-state index contributed by atoms with van der Waals surface area (Å²) in [7, 11) is -2.24. The summed E-state index contributed by atoms with van der Waals surface area (Å²) in [5.41, 5.74) is 7.95. The average Bonchev–Trinajstić information content (AvgIpc) is 3.06. The zero-order valence-electron chi connectivity index (χ0n) is 24.3. The van der Waals surface area contributed by atoms with Crippen molar-refractivity contribution in [3.8, 4) is 0 Å². The lowest BCUT2D eigenvalue weighted by atomic mass is 10.00. The van der Waals surface area contributed by atoms with Gasteiger partial charge in [0.25, 0.3) is 0 Å². The zero-order chi connectivity index (χ0) is 29.4. The summed E-state index contributed by atoms with van der Waals surface area (Å²) in [6.07, 6.45) is 0. The van der Waals surface area contributed by atoms with Crippen molar-refractivity contribution >= 4 is 58.4 Å². The molecule has 7 rings (SSSR count). The summed E-state index contributed by atoms with van der Waals surface area (Å²) < 4.78 is 0. The largest absolute Gasteiger partial charge is 0.311 e. The van der Waals surface area contributed by atoms with Gasteiger partial charge >= 0.3 is 0 Å². The fraction of sp³-hybridized carbons (Fsp3) is 0.0513. The predicted octanol–water partition coefficient (Wildman–Crippen LogP) is 8.99. The second-order valence-corrected chi connectivity index (χ2v) is 15.8. The highest BCUT2D eigenvalue weighted by molar-refractivity contribution is 7.02. The number of nitrogens with zero attached hydrogens (tertiary/aromatic N) is 2. The lowest BCUT2D eigenvalue weighted by Crippen LogP contribution is -2.59. The molecule has 0 saturated heterocycles. The van der Waals surface area contributed by atoms with Crippen molar-refractivity contribution in [2.75, 3.05) is 9.80 Å². The molecule has 0 unspecified atom stereocenters. The highest BCUT2D eigenvalue weighted by atomic mass is 28.3. The highest BCUT2D eigenvalue weighted by Gasteiger charge is 2.39. The molecule has 0 aromatic heterocycles. The summed E-state index contributed by atoms with van der Waals surface area (Å²) in [6.45, 7) is 4.73. The third-order valence-corrected chi connectivity index (χ3v) is 12.0. The van der Waals surface area contributed by atoms with Crippen molar-refractivity contribution < 1.29 is 4.79 Å². The van der Waals surface area contributed by atoms with Crippen molar-refractivity contribution in [1.29, 1.82) is 0 Å². The van der Waals surface area contributed by atoms with Gasteiger partial charge in [0, 0.05) is 45.3 Å². The minimum Gasteiger partial charge on any atom is -0.311 e. The molecule has 0 radical (unpaired) electrons. The van der Waals surface area contributed by atoms with Gasteiger partial charge in [-0.3, -0.25) is 4.79 Å². The Morgan fingerprint density at radius 3 is 1.23 bits per heavy atom. The normalized spacial score (nSPS) is 13.1. The third-order valence-electron chi connectivity index (χ3n) is 8.42. The van der Waals surface area contributed by atoms with Crippen LogP contribution in [0.15, 0.2) is 158 Å². The number of ketones is 1. The van der Waals surface area contributed by atoms with E-state index in [0.717, 1.165) is 45.3 Å². The number of benzene rings is 6. The first kappa shape index (κ1) is 26.7. The molecule has 3 nitrogen and oxygen atoms in total. The Morgan fingerprint density at radius 2 is 0.791 bits per heavy atom. The number of carbonyl (C=O) groups is 1. The molecule has 0 amide bonds. The van der Waals surface area contributed by atoms with Gasteiger partial charge in [0.2, 0.25) is 0 Å². The highest BCUT2D eigenvalue weighted by Crippen LogP contribution is 2.37. The zero-order valence-corrected chi connectivity index (χ0v) is 25.3. The van der Waals surface area contributed by atoms with Crippen LogP contribution in [0, 0.1) is 0 Å². The Balaban J connectivity index is 1.34. The van der Waals surface area contributed by atoms with E-state index in [1.165, 1.54) is 10.4 Å². The quantitative estimate of drug-likeness (QED) is 0.186. The van der Waals surface area contributed by atoms with Crippen LogP contribution in [0.4, 0.5) is 34.1 Å². The number of anilines is 6. The molecule has 1 aliphatic rings. The van der Waals surface area contributed by atoms with Gasteiger partial charge in [-0.15, -0.1) is 0 Å². The molecule has 0 aliphatic carbocycles. The molecule has 208 valence electrons. The minimum atomic E-state index is -2.24. The minimum absolute atomic E-state index is 0.0947. The van der Waals surface area contributed by atoms with E-state index >= 15 is 0 Å². The maximum atomic E-state index is 14.3. The van der Waals surface area contributed by atoms with E-state index in [0.29, 0.717) is 0 Å². The second-order valence-electron chi connectivity index (χ2n) is 11.4. The molecule has 0 fully saturated rings. The molecule has 6 aromatic carbocycles. The lowest BCUT2D eigenvalue weighted by molar-refractivity contribution is 0.104. The average molecular weight is 573 g/mol. The number of carbonyl (C=O) groups excluding carboxylic acids is 1. The van der Waals surface area contributed by atoms with Gasteiger partial charge < -0.3 is 9.80 Å². The Morgan fingerprint density at radius 1 is 0.395 bits per heavy atom. The van der Waals surface area contributed by atoms with Crippen LogP contribution in [0.2, 0.25) is 13.1 Å². The monoisotopic (exact) mass is 572 g/mol. The summed E-state index contributed by atoms with van der Waals surface area (Å²) in [5, 5.41) is 2.35. The van der Waals surface area contributed by atoms with Gasteiger partial charge in [-0.2, -0.15) is 0 Å². The fourth-order valence-electron chi connectivity index (χ4n) is 6.28. The van der Waals surface area contributed by atoms with Crippen molar-refractivity contribution in [1.82, 2.24) is 0 Å². The van der Waals surface area contributed by atoms with E-state index in [4.69, 9.17) is 0 Å². The molecule has 1 heterocycles. The molecular weight excluding hydrogens is 541 g/mol. The van der Waals surface area contributed by atoms with Crippen molar-refractivity contribution in [2.24, 2.45) is 0 Å². The first-order valence-electron chi connectivity index (χ1n) is 14.7. The summed E-state index contributed by atoms with van der Waals surface area (Å²) in [5.74, 6) is 0.0947. The second kappa shape index (κ2) is 10.9. The smallest absolute Gasteiger partial charge is 0.192 e. The molecule has 43 heavy (non-hydrogen) atoms. The number of rotatable bonds is 6. The first-order valence-corrected chi connectivity index (χ1v) is 17.7. The maximum Gasteiger partial charge on any atom is 0.192 e. The maximum absolute atomic E-state index is 14.3. The lowest BCUT2D eigenvalue weighted by Gasteiger charge is -2.35. The molecule has 0 bridgehead atoms. The number of hydrogen-bond donors (Lipinski definition) is 0. The molecular formula is C39H32N2OSi. The fourth-order valence-corrected chi connectivity index (χ4v) is 9.31. The van der Waals surface area contributed by atoms with Crippen molar-refractivity contribution in [2.45, 2.75) is 13.1 Å². The first-order chi connectivity index (χ1) is 21.0. The van der Waals surface area contributed by atoms with Gasteiger partial charge in [-0.25, -0.2) is 0 Å². The van der Waals surface area contributed by atoms with E-state index < -0.39 is 8.07 Å². The van der Waals surface area contributed by atoms with Crippen LogP contribution in [0.5, 0.6) is 0 Å². The van der Waals surface area contributed by atoms with Crippen LogP contribution in [-0.4, -0.2) is 13.9 Å². The predicted molar refractivity (Wildman–Crippen MR) is 182 cm³/mol. The van der Waals surface area contributed by atoms with Crippen LogP contribution in [0.1, 0.15) is 15.9 Å². The third kappa shape index (κ3) is 4.76. The van der Waals surface area contributed by atoms with Crippen molar-refractivity contribution in [3.05, 3.63) is 169 Å². The number of fused-ring (bicyclic) bond motifs is 2. The van der Waals surface area contributed by atoms with E-state index in [1.807, 2.05) is 54.6 Å². The Bertz CT molecular complexity index is 1830. The summed E-state index contributed by atoms with van der Waals surface area (Å²) >= 11 is 0. The molecule has 6 aromatic rings. The van der Waals surface area contributed by atoms with Gasteiger partial charge in [-0.1, -0.05) is 92.0 Å². The molecule has 0 spiro atoms. The molecule has 0 N–H and O–H groups in total. The molecule has 4 heteroatoms. The summed E-state index contributed by atoms with van der Waals surface area (Å²) in [4.78, 5) is 18.7. The van der Waals surface area contributed by atoms with Gasteiger partial charge in [0.15, 0.2) is 5.78 Å². The van der Waals surface area contributed by atoms with Crippen LogP contribution in [0.3, 0.4) is 0 Å². The van der Waals surface area contributed by atoms with Gasteiger partial charge in [-0.05, 0) is 89.2 Å². The van der Waals surface area contributed by atoms with E-state index in [-0.39, 0.29) is 5.78 Å². The van der Waals surface area contributed by atoms with E-state index in [2.05, 4.69) is 126 Å². The van der Waals surface area contributed by atoms with Crippen molar-refractivity contribution in [3.63, 3.8) is 0 Å². The van der Waals surface area contributed by atoms with Gasteiger partial charge in [0.1, 0.15) is 8.07 Å². The standard InChI is InChI=1S/C39H32N2OSi/c1-43(2)37-26-24-33(40(29-15-7-3-8-16-29)30-17-9-4-10-18-30)27-36(37)39(42)35-25-23-34(28-38(35)43)41(31-19-11-5-12-20-31)32-21-13-6-14-22-32/h3-28H,1-2H3. The van der Waals surface area contributed by atoms with Crippen LogP contribution in [0.25, 0.3) is 0 Å². The number of para-hydroxylation sites is 4. The number of hydrogen-bond acceptors (Lipinski definition) is 3. The molecule has 0 atom stereocenters. The Hall–Kier alpha value is -5.19. The van der Waals surface area contributed by atoms with Crippen LogP contribution >= 0.6 is 0 Å². The van der Waals surface area contributed by atoms with Crippen LogP contribution < -0.4 is 20.2 Å². The topological polar surface area (TPSA) is 23.6 Å². The van der Waals surface area contributed by atoms with E-state index in [1.54, 1.807) is 0 Å². The molecule has 1 aliphatic heterocycles.